The van der Waals surface area contributed by atoms with Gasteiger partial charge < -0.3 is 14.9 Å². The molecule has 0 unspecified atom stereocenters. The molecule has 100 valence electrons. The van der Waals surface area contributed by atoms with Crippen LogP contribution in [0.2, 0.25) is 5.02 Å². The fraction of sp³-hybridized carbons (Fsp3) is 0.417. The van der Waals surface area contributed by atoms with Crippen molar-refractivity contribution in [2.45, 2.75) is 31.8 Å². The minimum atomic E-state index is 0.0627. The van der Waals surface area contributed by atoms with E-state index in [1.807, 2.05) is 4.57 Å². The van der Waals surface area contributed by atoms with Gasteiger partial charge in [-0.1, -0.05) is 11.6 Å². The van der Waals surface area contributed by atoms with Crippen molar-refractivity contribution >= 4 is 40.9 Å². The van der Waals surface area contributed by atoms with Crippen LogP contribution in [0, 0.1) is 4.77 Å². The zero-order valence-electron chi connectivity index (χ0n) is 10.1. The molecule has 1 saturated carbocycles. The highest BCUT2D eigenvalue weighted by molar-refractivity contribution is 7.71. The number of rotatable bonds is 4. The largest absolute Gasteiger partial charge is 0.353 e. The minimum absolute atomic E-state index is 0.0627. The highest BCUT2D eigenvalue weighted by atomic mass is 35.5. The van der Waals surface area contributed by atoms with Gasteiger partial charge in [-0.3, -0.25) is 4.79 Å². The fourth-order valence-corrected chi connectivity index (χ4v) is 2.41. The van der Waals surface area contributed by atoms with E-state index in [4.69, 9.17) is 23.8 Å². The van der Waals surface area contributed by atoms with E-state index in [9.17, 15) is 4.79 Å². The smallest absolute Gasteiger partial charge is 0.222 e. The number of halogens is 1. The summed E-state index contributed by atoms with van der Waals surface area (Å²) in [5, 5.41) is 3.51. The Balaban J connectivity index is 1.78. The number of amides is 1. The number of carbonyl (C=O) groups is 1. The molecule has 0 spiro atoms. The summed E-state index contributed by atoms with van der Waals surface area (Å²) in [6.45, 7) is 0.520. The minimum Gasteiger partial charge on any atom is -0.353 e. The van der Waals surface area contributed by atoms with Crippen molar-refractivity contribution in [3.8, 4) is 0 Å². The molecule has 5 nitrogen and oxygen atoms in total. The first-order valence-electron chi connectivity index (χ1n) is 6.17. The molecule has 2 N–H and O–H groups in total. The Morgan fingerprint density at radius 2 is 2.42 bits per heavy atom. The van der Waals surface area contributed by atoms with Crippen LogP contribution >= 0.6 is 23.8 Å². The lowest BCUT2D eigenvalue weighted by Gasteiger charge is -2.05. The molecule has 0 bridgehead atoms. The molecule has 19 heavy (non-hydrogen) atoms. The normalized spacial score (nSPS) is 14.8. The SMILES string of the molecule is O=C(CCn1c(=S)[nH]c2cc(Cl)cnc21)NC1CC1. The third-order valence-electron chi connectivity index (χ3n) is 3.08. The second-order valence-corrected chi connectivity index (χ2v) is 5.52. The van der Waals surface area contributed by atoms with Crippen molar-refractivity contribution in [2.75, 3.05) is 0 Å². The van der Waals surface area contributed by atoms with Crippen LogP contribution in [0.4, 0.5) is 0 Å². The van der Waals surface area contributed by atoms with Gasteiger partial charge >= 0.3 is 0 Å². The van der Waals surface area contributed by atoms with Crippen LogP contribution in [0.5, 0.6) is 0 Å². The van der Waals surface area contributed by atoms with Gasteiger partial charge in [-0.25, -0.2) is 4.98 Å². The Hall–Kier alpha value is -1.40. The molecule has 0 aliphatic heterocycles. The van der Waals surface area contributed by atoms with Crippen molar-refractivity contribution in [3.05, 3.63) is 22.1 Å². The Morgan fingerprint density at radius 1 is 1.63 bits per heavy atom. The fourth-order valence-electron chi connectivity index (χ4n) is 1.97. The first-order chi connectivity index (χ1) is 9.13. The van der Waals surface area contributed by atoms with Crippen molar-refractivity contribution in [2.24, 2.45) is 0 Å². The Bertz CT molecular complexity index is 689. The van der Waals surface area contributed by atoms with Crippen LogP contribution in [0.3, 0.4) is 0 Å². The summed E-state index contributed by atoms with van der Waals surface area (Å²) in [5.74, 6) is 0.0627. The van der Waals surface area contributed by atoms with Crippen molar-refractivity contribution in [1.29, 1.82) is 0 Å². The van der Waals surface area contributed by atoms with Crippen LogP contribution < -0.4 is 5.32 Å². The summed E-state index contributed by atoms with van der Waals surface area (Å²) in [5.41, 5.74) is 1.52. The first kappa shape index (κ1) is 12.6. The van der Waals surface area contributed by atoms with Gasteiger partial charge in [0.1, 0.15) is 0 Å². The number of aromatic nitrogens is 3. The van der Waals surface area contributed by atoms with E-state index < -0.39 is 0 Å². The highest BCUT2D eigenvalue weighted by Gasteiger charge is 2.23. The van der Waals surface area contributed by atoms with Crippen LogP contribution in [-0.4, -0.2) is 26.5 Å². The number of pyridine rings is 1. The summed E-state index contributed by atoms with van der Waals surface area (Å²) in [4.78, 5) is 19.0. The molecule has 0 atom stereocenters. The maximum absolute atomic E-state index is 11.7. The number of hydrogen-bond donors (Lipinski definition) is 2. The zero-order valence-corrected chi connectivity index (χ0v) is 11.7. The Labute approximate surface area is 120 Å². The summed E-state index contributed by atoms with van der Waals surface area (Å²) in [6.07, 6.45) is 4.17. The van der Waals surface area contributed by atoms with Crippen LogP contribution in [0.15, 0.2) is 12.3 Å². The summed E-state index contributed by atoms with van der Waals surface area (Å²) >= 11 is 11.1. The maximum Gasteiger partial charge on any atom is 0.222 e. The number of hydrogen-bond acceptors (Lipinski definition) is 3. The third-order valence-corrected chi connectivity index (χ3v) is 3.61. The molecule has 1 aliphatic rings. The van der Waals surface area contributed by atoms with Gasteiger partial charge in [0.25, 0.3) is 0 Å². The van der Waals surface area contributed by atoms with Crippen LogP contribution in [-0.2, 0) is 11.3 Å². The standard InChI is InChI=1S/C12H13ClN4OS/c13-7-5-9-11(14-6-7)17(12(19)16-9)4-3-10(18)15-8-1-2-8/h5-6,8H,1-4H2,(H,15,18)(H,16,19). The molecule has 2 heterocycles. The van der Waals surface area contributed by atoms with Crippen molar-refractivity contribution in [3.63, 3.8) is 0 Å². The lowest BCUT2D eigenvalue weighted by molar-refractivity contribution is -0.121. The lowest BCUT2D eigenvalue weighted by Crippen LogP contribution is -2.26. The molecule has 2 aromatic rings. The van der Waals surface area contributed by atoms with E-state index in [1.165, 1.54) is 0 Å². The molecule has 0 radical (unpaired) electrons. The van der Waals surface area contributed by atoms with Gasteiger partial charge in [0.05, 0.1) is 10.5 Å². The molecule has 1 amide bonds. The predicted molar refractivity (Wildman–Crippen MR) is 75.7 cm³/mol. The summed E-state index contributed by atoms with van der Waals surface area (Å²) < 4.78 is 2.39. The number of fused-ring (bicyclic) bond motifs is 1. The average Bonchev–Trinajstić information content (AvgIpc) is 3.10. The number of imidazole rings is 1. The summed E-state index contributed by atoms with van der Waals surface area (Å²) in [7, 11) is 0. The first-order valence-corrected chi connectivity index (χ1v) is 6.95. The van der Waals surface area contributed by atoms with E-state index in [-0.39, 0.29) is 5.91 Å². The number of H-pyrrole nitrogens is 1. The number of carbonyl (C=O) groups excluding carboxylic acids is 1. The van der Waals surface area contributed by atoms with E-state index in [0.717, 1.165) is 24.0 Å². The van der Waals surface area contributed by atoms with E-state index >= 15 is 0 Å². The number of nitrogens with one attached hydrogen (secondary N) is 2. The lowest BCUT2D eigenvalue weighted by atomic mass is 10.3. The number of aryl methyl sites for hydroxylation is 1. The Morgan fingerprint density at radius 3 is 3.16 bits per heavy atom. The van der Waals surface area contributed by atoms with Crippen LogP contribution in [0.1, 0.15) is 19.3 Å². The summed E-state index contributed by atoms with van der Waals surface area (Å²) in [6, 6.07) is 2.17. The number of nitrogens with zero attached hydrogens (tertiary/aromatic N) is 2. The van der Waals surface area contributed by atoms with Gasteiger partial charge in [-0.15, -0.1) is 0 Å². The zero-order chi connectivity index (χ0) is 13.4. The highest BCUT2D eigenvalue weighted by Crippen LogP contribution is 2.19. The molecular weight excluding hydrogens is 284 g/mol. The Kier molecular flexibility index (Phi) is 3.28. The second-order valence-electron chi connectivity index (χ2n) is 4.70. The van der Waals surface area contributed by atoms with Crippen molar-refractivity contribution < 1.29 is 4.79 Å². The average molecular weight is 297 g/mol. The predicted octanol–water partition coefficient (Wildman–Crippen LogP) is 2.42. The molecule has 3 rings (SSSR count). The maximum atomic E-state index is 11.7. The van der Waals surface area contributed by atoms with E-state index in [1.54, 1.807) is 12.3 Å². The van der Waals surface area contributed by atoms with E-state index in [2.05, 4.69) is 15.3 Å². The van der Waals surface area contributed by atoms with Gasteiger partial charge in [0.2, 0.25) is 5.91 Å². The molecule has 0 aromatic carbocycles. The van der Waals surface area contributed by atoms with Gasteiger partial charge in [0, 0.05) is 25.2 Å². The topological polar surface area (TPSA) is 62.7 Å². The quantitative estimate of drug-likeness (QED) is 0.852. The van der Waals surface area contributed by atoms with Crippen LogP contribution in [0.25, 0.3) is 11.2 Å². The second kappa shape index (κ2) is 4.94. The van der Waals surface area contributed by atoms with Crippen molar-refractivity contribution in [1.82, 2.24) is 19.9 Å². The molecule has 7 heteroatoms. The van der Waals surface area contributed by atoms with Gasteiger partial charge in [-0.05, 0) is 31.1 Å². The molecule has 0 saturated heterocycles. The number of aromatic amines is 1. The van der Waals surface area contributed by atoms with Gasteiger partial charge in [0.15, 0.2) is 10.4 Å². The monoisotopic (exact) mass is 296 g/mol. The molecule has 2 aromatic heterocycles. The van der Waals surface area contributed by atoms with E-state index in [0.29, 0.717) is 28.8 Å². The third kappa shape index (κ3) is 2.79. The molecule has 1 fully saturated rings. The molecular formula is C12H13ClN4OS. The molecule has 1 aliphatic carbocycles. The van der Waals surface area contributed by atoms with Gasteiger partial charge in [-0.2, -0.15) is 0 Å².